The van der Waals surface area contributed by atoms with E-state index in [4.69, 9.17) is 0 Å². The standard InChI is InChI=1S/C14H15BrF3NO/c15-12-5-1-3-10(7-12)13(20)9-19-6-2-4-11(8-19)14(16,17)18/h1,3,5,7,11H,2,4,6,8-9H2. The number of alkyl halides is 3. The third kappa shape index (κ3) is 4.06. The van der Waals surface area contributed by atoms with Crippen LogP contribution in [0, 0.1) is 5.92 Å². The van der Waals surface area contributed by atoms with E-state index >= 15 is 0 Å². The van der Waals surface area contributed by atoms with Crippen molar-refractivity contribution in [1.82, 2.24) is 4.90 Å². The van der Waals surface area contributed by atoms with Crippen LogP contribution in [-0.4, -0.2) is 36.5 Å². The zero-order valence-electron chi connectivity index (χ0n) is 10.8. The van der Waals surface area contributed by atoms with E-state index < -0.39 is 12.1 Å². The summed E-state index contributed by atoms with van der Waals surface area (Å²) >= 11 is 3.28. The van der Waals surface area contributed by atoms with Gasteiger partial charge in [0.1, 0.15) is 0 Å². The fraction of sp³-hybridized carbons (Fsp3) is 0.500. The van der Waals surface area contributed by atoms with E-state index in [2.05, 4.69) is 15.9 Å². The summed E-state index contributed by atoms with van der Waals surface area (Å²) in [7, 11) is 0. The number of halogens is 4. The van der Waals surface area contributed by atoms with E-state index in [1.807, 2.05) is 0 Å². The van der Waals surface area contributed by atoms with E-state index in [0.717, 1.165) is 4.47 Å². The van der Waals surface area contributed by atoms with E-state index in [-0.39, 0.29) is 25.3 Å². The predicted molar refractivity (Wildman–Crippen MR) is 73.7 cm³/mol. The molecule has 2 nitrogen and oxygen atoms in total. The zero-order valence-corrected chi connectivity index (χ0v) is 12.4. The molecule has 0 spiro atoms. The van der Waals surface area contributed by atoms with E-state index in [1.54, 1.807) is 29.2 Å². The maximum absolute atomic E-state index is 12.7. The van der Waals surface area contributed by atoms with Crippen LogP contribution < -0.4 is 0 Å². The first-order valence-corrected chi connectivity index (χ1v) is 7.23. The molecule has 0 bridgehead atoms. The molecule has 1 saturated heterocycles. The number of hydrogen-bond acceptors (Lipinski definition) is 2. The lowest BCUT2D eigenvalue weighted by molar-refractivity contribution is -0.186. The molecule has 0 amide bonds. The SMILES string of the molecule is O=C(CN1CCCC(C(F)(F)F)C1)c1cccc(Br)c1. The maximum atomic E-state index is 12.7. The molecular formula is C14H15BrF3NO. The summed E-state index contributed by atoms with van der Waals surface area (Å²) in [5.41, 5.74) is 0.522. The molecule has 20 heavy (non-hydrogen) atoms. The van der Waals surface area contributed by atoms with Crippen LogP contribution in [0.15, 0.2) is 28.7 Å². The van der Waals surface area contributed by atoms with Gasteiger partial charge in [-0.05, 0) is 31.5 Å². The Morgan fingerprint density at radius 1 is 1.40 bits per heavy atom. The third-order valence-electron chi connectivity index (χ3n) is 3.48. The predicted octanol–water partition coefficient (Wildman–Crippen LogP) is 3.91. The van der Waals surface area contributed by atoms with Crippen molar-refractivity contribution in [2.24, 2.45) is 5.92 Å². The van der Waals surface area contributed by atoms with Crippen molar-refractivity contribution in [3.8, 4) is 0 Å². The van der Waals surface area contributed by atoms with Crippen molar-refractivity contribution in [2.45, 2.75) is 19.0 Å². The van der Waals surface area contributed by atoms with Gasteiger partial charge in [0.2, 0.25) is 0 Å². The van der Waals surface area contributed by atoms with Gasteiger partial charge in [-0.1, -0.05) is 28.1 Å². The molecule has 1 unspecified atom stereocenters. The molecule has 1 aromatic rings. The lowest BCUT2D eigenvalue weighted by Crippen LogP contribution is -2.43. The minimum absolute atomic E-state index is 0.0447. The minimum Gasteiger partial charge on any atom is -0.295 e. The molecule has 0 saturated carbocycles. The highest BCUT2D eigenvalue weighted by Gasteiger charge is 2.41. The Kier molecular flexibility index (Phi) is 4.86. The topological polar surface area (TPSA) is 20.3 Å². The summed E-state index contributed by atoms with van der Waals surface area (Å²) in [6, 6.07) is 6.91. The van der Waals surface area contributed by atoms with Crippen molar-refractivity contribution >= 4 is 21.7 Å². The number of ketones is 1. The van der Waals surface area contributed by atoms with Gasteiger partial charge in [0.25, 0.3) is 0 Å². The summed E-state index contributed by atoms with van der Waals surface area (Å²) in [6.07, 6.45) is -3.53. The number of benzene rings is 1. The van der Waals surface area contributed by atoms with E-state index in [0.29, 0.717) is 18.5 Å². The summed E-state index contributed by atoms with van der Waals surface area (Å²) in [4.78, 5) is 13.7. The summed E-state index contributed by atoms with van der Waals surface area (Å²) in [5, 5.41) is 0. The molecule has 1 aliphatic heterocycles. The summed E-state index contributed by atoms with van der Waals surface area (Å²) in [5.74, 6) is -1.46. The highest BCUT2D eigenvalue weighted by atomic mass is 79.9. The highest BCUT2D eigenvalue weighted by molar-refractivity contribution is 9.10. The molecule has 6 heteroatoms. The van der Waals surface area contributed by atoms with Crippen LogP contribution >= 0.6 is 15.9 Å². The Bertz CT molecular complexity index is 490. The van der Waals surface area contributed by atoms with Gasteiger partial charge < -0.3 is 0 Å². The number of nitrogens with zero attached hydrogens (tertiary/aromatic N) is 1. The van der Waals surface area contributed by atoms with Crippen molar-refractivity contribution in [3.63, 3.8) is 0 Å². The Hall–Kier alpha value is -0.880. The second-order valence-corrected chi connectivity index (χ2v) is 5.97. The quantitative estimate of drug-likeness (QED) is 0.771. The maximum Gasteiger partial charge on any atom is 0.393 e. The molecule has 1 aromatic carbocycles. The molecule has 0 aromatic heterocycles. The van der Waals surface area contributed by atoms with E-state index in [1.165, 1.54) is 0 Å². The molecular weight excluding hydrogens is 335 g/mol. The van der Waals surface area contributed by atoms with Crippen LogP contribution in [-0.2, 0) is 0 Å². The van der Waals surface area contributed by atoms with Gasteiger partial charge in [-0.25, -0.2) is 0 Å². The first-order chi connectivity index (χ1) is 9.36. The Balaban J connectivity index is 1.98. The molecule has 1 aliphatic rings. The molecule has 0 radical (unpaired) electrons. The van der Waals surface area contributed by atoms with Crippen molar-refractivity contribution < 1.29 is 18.0 Å². The smallest absolute Gasteiger partial charge is 0.295 e. The lowest BCUT2D eigenvalue weighted by atomic mass is 9.97. The van der Waals surface area contributed by atoms with Crippen LogP contribution in [0.2, 0.25) is 0 Å². The van der Waals surface area contributed by atoms with Gasteiger partial charge >= 0.3 is 6.18 Å². The van der Waals surface area contributed by atoms with Gasteiger partial charge in [-0.15, -0.1) is 0 Å². The number of Topliss-reactive ketones (excluding diaryl/α,β-unsaturated/α-hetero) is 1. The average Bonchev–Trinajstić information content (AvgIpc) is 2.38. The lowest BCUT2D eigenvalue weighted by Gasteiger charge is -2.33. The fourth-order valence-electron chi connectivity index (χ4n) is 2.42. The van der Waals surface area contributed by atoms with Gasteiger partial charge in [0, 0.05) is 16.6 Å². The van der Waals surface area contributed by atoms with Crippen LogP contribution in [0.3, 0.4) is 0 Å². The largest absolute Gasteiger partial charge is 0.393 e. The number of hydrogen-bond donors (Lipinski definition) is 0. The monoisotopic (exact) mass is 349 g/mol. The first kappa shape index (κ1) is 15.5. The Morgan fingerprint density at radius 2 is 2.15 bits per heavy atom. The second kappa shape index (κ2) is 6.26. The van der Waals surface area contributed by atoms with Gasteiger partial charge in [0.05, 0.1) is 12.5 Å². The van der Waals surface area contributed by atoms with Gasteiger partial charge in [0.15, 0.2) is 5.78 Å². The fourth-order valence-corrected chi connectivity index (χ4v) is 2.82. The van der Waals surface area contributed by atoms with Crippen LogP contribution in [0.25, 0.3) is 0 Å². The molecule has 0 aliphatic carbocycles. The molecule has 1 heterocycles. The van der Waals surface area contributed by atoms with Crippen molar-refractivity contribution in [3.05, 3.63) is 34.3 Å². The van der Waals surface area contributed by atoms with Gasteiger partial charge in [-0.3, -0.25) is 9.69 Å². The molecule has 0 N–H and O–H groups in total. The van der Waals surface area contributed by atoms with Crippen molar-refractivity contribution in [1.29, 1.82) is 0 Å². The Morgan fingerprint density at radius 3 is 2.80 bits per heavy atom. The molecule has 110 valence electrons. The number of carbonyl (C=O) groups is 1. The second-order valence-electron chi connectivity index (χ2n) is 5.05. The number of carbonyl (C=O) groups excluding carboxylic acids is 1. The third-order valence-corrected chi connectivity index (χ3v) is 3.98. The van der Waals surface area contributed by atoms with Gasteiger partial charge in [-0.2, -0.15) is 13.2 Å². The van der Waals surface area contributed by atoms with Crippen LogP contribution in [0.1, 0.15) is 23.2 Å². The number of rotatable bonds is 3. The Labute approximate surface area is 124 Å². The summed E-state index contributed by atoms with van der Waals surface area (Å²) in [6.45, 7) is 0.512. The van der Waals surface area contributed by atoms with E-state index in [9.17, 15) is 18.0 Å². The normalized spacial score (nSPS) is 20.9. The number of piperidine rings is 1. The van der Waals surface area contributed by atoms with Crippen molar-refractivity contribution in [2.75, 3.05) is 19.6 Å². The summed E-state index contributed by atoms with van der Waals surface area (Å²) < 4.78 is 38.9. The number of likely N-dealkylation sites (tertiary alicyclic amines) is 1. The zero-order chi connectivity index (χ0) is 14.8. The van der Waals surface area contributed by atoms with Crippen LogP contribution in [0.5, 0.6) is 0 Å². The average molecular weight is 350 g/mol. The molecule has 2 rings (SSSR count). The van der Waals surface area contributed by atoms with Crippen LogP contribution in [0.4, 0.5) is 13.2 Å². The molecule has 1 fully saturated rings. The highest BCUT2D eigenvalue weighted by Crippen LogP contribution is 2.33. The minimum atomic E-state index is -4.17. The first-order valence-electron chi connectivity index (χ1n) is 6.44. The molecule has 1 atom stereocenters.